The van der Waals surface area contributed by atoms with Gasteiger partial charge in [-0.1, -0.05) is 44.0 Å². The summed E-state index contributed by atoms with van der Waals surface area (Å²) in [7, 11) is 1.58. The Kier molecular flexibility index (Phi) is 6.60. The van der Waals surface area contributed by atoms with Gasteiger partial charge in [0.05, 0.1) is 18.7 Å². The molecule has 30 heavy (non-hydrogen) atoms. The maximum Gasteiger partial charge on any atom is 0.295 e. The van der Waals surface area contributed by atoms with Crippen LogP contribution in [0.1, 0.15) is 54.5 Å². The van der Waals surface area contributed by atoms with Crippen LogP contribution < -0.4 is 4.74 Å². The van der Waals surface area contributed by atoms with Gasteiger partial charge >= 0.3 is 0 Å². The number of hydrogen-bond acceptors (Lipinski definition) is 4. The van der Waals surface area contributed by atoms with E-state index in [9.17, 15) is 14.7 Å². The van der Waals surface area contributed by atoms with Crippen molar-refractivity contribution in [1.82, 2.24) is 4.90 Å². The zero-order valence-electron chi connectivity index (χ0n) is 18.1. The Hall–Kier alpha value is -3.08. The second-order valence-corrected chi connectivity index (χ2v) is 7.74. The number of nitrogens with zero attached hydrogens (tertiary/aromatic N) is 1. The van der Waals surface area contributed by atoms with Gasteiger partial charge in [-0.2, -0.15) is 0 Å². The van der Waals surface area contributed by atoms with Crippen LogP contribution in [0.5, 0.6) is 5.75 Å². The molecule has 0 aromatic heterocycles. The molecule has 0 saturated carbocycles. The first-order valence-electron chi connectivity index (χ1n) is 10.4. The third kappa shape index (κ3) is 3.97. The highest BCUT2D eigenvalue weighted by molar-refractivity contribution is 6.46. The van der Waals surface area contributed by atoms with Crippen LogP contribution in [-0.4, -0.2) is 35.4 Å². The van der Waals surface area contributed by atoms with Crippen LogP contribution in [0.3, 0.4) is 0 Å². The average molecular weight is 408 g/mol. The zero-order chi connectivity index (χ0) is 21.8. The van der Waals surface area contributed by atoms with Gasteiger partial charge in [-0.05, 0) is 55.2 Å². The summed E-state index contributed by atoms with van der Waals surface area (Å²) in [6.45, 7) is 6.38. The van der Waals surface area contributed by atoms with Crippen molar-refractivity contribution in [3.05, 3.63) is 70.3 Å². The van der Waals surface area contributed by atoms with Crippen molar-refractivity contribution in [2.75, 3.05) is 13.7 Å². The second kappa shape index (κ2) is 9.16. The first kappa shape index (κ1) is 21.6. The molecule has 0 spiro atoms. The first-order valence-corrected chi connectivity index (χ1v) is 10.4. The standard InChI is InChI=1S/C25H29NO4/c1-5-6-9-14-26-22(19-11-8-7-10-16(19)2)21(24(28)25(26)29)23(27)20-13-12-18(30-4)15-17(20)3/h7-8,10-13,15,22,27H,5-6,9,14H2,1-4H3/b23-21+. The van der Waals surface area contributed by atoms with Gasteiger partial charge in [-0.3, -0.25) is 9.59 Å². The van der Waals surface area contributed by atoms with Crippen molar-refractivity contribution in [3.8, 4) is 5.75 Å². The molecule has 0 radical (unpaired) electrons. The van der Waals surface area contributed by atoms with Crippen LogP contribution in [0, 0.1) is 13.8 Å². The topological polar surface area (TPSA) is 66.8 Å². The van der Waals surface area contributed by atoms with Crippen LogP contribution in [0.4, 0.5) is 0 Å². The molecule has 1 amide bonds. The number of carbonyl (C=O) groups excluding carboxylic acids is 2. The van der Waals surface area contributed by atoms with Gasteiger partial charge in [0.25, 0.3) is 11.7 Å². The Morgan fingerprint density at radius 3 is 2.43 bits per heavy atom. The molecule has 1 aliphatic rings. The number of rotatable bonds is 7. The lowest BCUT2D eigenvalue weighted by Crippen LogP contribution is -2.31. The Morgan fingerprint density at radius 2 is 1.80 bits per heavy atom. The van der Waals surface area contributed by atoms with Crippen molar-refractivity contribution in [1.29, 1.82) is 0 Å². The fraction of sp³-hybridized carbons (Fsp3) is 0.360. The van der Waals surface area contributed by atoms with E-state index in [1.165, 1.54) is 0 Å². The number of ether oxygens (including phenoxy) is 1. The van der Waals surface area contributed by atoms with Gasteiger partial charge < -0.3 is 14.7 Å². The zero-order valence-corrected chi connectivity index (χ0v) is 18.1. The minimum Gasteiger partial charge on any atom is -0.507 e. The van der Waals surface area contributed by atoms with Crippen molar-refractivity contribution in [3.63, 3.8) is 0 Å². The summed E-state index contributed by atoms with van der Waals surface area (Å²) >= 11 is 0. The predicted octanol–water partition coefficient (Wildman–Crippen LogP) is 4.92. The molecular formula is C25H29NO4. The molecule has 2 aromatic carbocycles. The van der Waals surface area contributed by atoms with E-state index in [0.717, 1.165) is 36.0 Å². The minimum atomic E-state index is -0.632. The molecule has 0 aliphatic carbocycles. The number of carbonyl (C=O) groups is 2. The lowest BCUT2D eigenvalue weighted by Gasteiger charge is -2.26. The Labute approximate surface area is 178 Å². The van der Waals surface area contributed by atoms with E-state index in [0.29, 0.717) is 17.9 Å². The minimum absolute atomic E-state index is 0.139. The monoisotopic (exact) mass is 407 g/mol. The number of amides is 1. The van der Waals surface area contributed by atoms with Gasteiger partial charge in [0.15, 0.2) is 0 Å². The molecule has 1 atom stereocenters. The Balaban J connectivity index is 2.17. The molecule has 1 saturated heterocycles. The molecule has 3 rings (SSSR count). The number of aliphatic hydroxyl groups excluding tert-OH is 1. The quantitative estimate of drug-likeness (QED) is 0.306. The van der Waals surface area contributed by atoms with Gasteiger partial charge in [-0.15, -0.1) is 0 Å². The number of likely N-dealkylation sites (tertiary alicyclic amines) is 1. The summed E-state index contributed by atoms with van der Waals surface area (Å²) in [6, 6.07) is 12.4. The van der Waals surface area contributed by atoms with Gasteiger partial charge in [0, 0.05) is 12.1 Å². The highest BCUT2D eigenvalue weighted by atomic mass is 16.5. The molecule has 158 valence electrons. The molecule has 5 nitrogen and oxygen atoms in total. The summed E-state index contributed by atoms with van der Waals surface area (Å²) in [5, 5.41) is 11.2. The van der Waals surface area contributed by atoms with E-state index in [1.807, 2.05) is 38.1 Å². The van der Waals surface area contributed by atoms with E-state index in [-0.39, 0.29) is 11.3 Å². The van der Waals surface area contributed by atoms with E-state index in [1.54, 1.807) is 30.2 Å². The maximum atomic E-state index is 13.1. The number of hydrogen-bond donors (Lipinski definition) is 1. The molecule has 1 fully saturated rings. The van der Waals surface area contributed by atoms with Crippen molar-refractivity contribution >= 4 is 17.4 Å². The number of ketones is 1. The van der Waals surface area contributed by atoms with Crippen LogP contribution in [0.15, 0.2) is 48.0 Å². The molecule has 1 heterocycles. The van der Waals surface area contributed by atoms with Crippen LogP contribution in [0.2, 0.25) is 0 Å². The Morgan fingerprint density at radius 1 is 1.07 bits per heavy atom. The number of aliphatic hydroxyl groups is 1. The van der Waals surface area contributed by atoms with Crippen molar-refractivity contribution in [2.45, 2.75) is 46.1 Å². The fourth-order valence-electron chi connectivity index (χ4n) is 4.03. The number of benzene rings is 2. The second-order valence-electron chi connectivity index (χ2n) is 7.74. The van der Waals surface area contributed by atoms with E-state index >= 15 is 0 Å². The number of unbranched alkanes of at least 4 members (excludes halogenated alkanes) is 2. The molecular weight excluding hydrogens is 378 g/mol. The fourth-order valence-corrected chi connectivity index (χ4v) is 4.03. The SMILES string of the molecule is CCCCCN1C(=O)C(=O)/C(=C(/O)c2ccc(OC)cc2C)C1c1ccccc1C. The summed E-state index contributed by atoms with van der Waals surface area (Å²) in [6.07, 6.45) is 2.80. The molecule has 2 aromatic rings. The number of Topliss-reactive ketones (excluding diaryl/α,β-unsaturated/α-hetero) is 1. The van der Waals surface area contributed by atoms with E-state index in [2.05, 4.69) is 6.92 Å². The highest BCUT2D eigenvalue weighted by Gasteiger charge is 2.46. The Bertz CT molecular complexity index is 992. The highest BCUT2D eigenvalue weighted by Crippen LogP contribution is 2.41. The largest absolute Gasteiger partial charge is 0.507 e. The lowest BCUT2D eigenvalue weighted by atomic mass is 9.91. The van der Waals surface area contributed by atoms with Gasteiger partial charge in [0.1, 0.15) is 11.5 Å². The number of aryl methyl sites for hydroxylation is 2. The molecule has 1 unspecified atom stereocenters. The van der Waals surface area contributed by atoms with Crippen LogP contribution >= 0.6 is 0 Å². The number of methoxy groups -OCH3 is 1. The summed E-state index contributed by atoms with van der Waals surface area (Å²) in [5.74, 6) is -0.654. The van der Waals surface area contributed by atoms with Crippen LogP contribution in [0.25, 0.3) is 5.76 Å². The summed E-state index contributed by atoms with van der Waals surface area (Å²) in [5.41, 5.74) is 3.29. The molecule has 0 bridgehead atoms. The summed E-state index contributed by atoms with van der Waals surface area (Å²) in [4.78, 5) is 27.6. The average Bonchev–Trinajstić information content (AvgIpc) is 2.98. The van der Waals surface area contributed by atoms with Gasteiger partial charge in [0.2, 0.25) is 0 Å². The molecule has 5 heteroatoms. The van der Waals surface area contributed by atoms with Crippen molar-refractivity contribution in [2.24, 2.45) is 0 Å². The van der Waals surface area contributed by atoms with Crippen molar-refractivity contribution < 1.29 is 19.4 Å². The predicted molar refractivity (Wildman–Crippen MR) is 117 cm³/mol. The first-order chi connectivity index (χ1) is 14.4. The molecule has 1 N–H and O–H groups in total. The third-order valence-corrected chi connectivity index (χ3v) is 5.71. The third-order valence-electron chi connectivity index (χ3n) is 5.71. The smallest absolute Gasteiger partial charge is 0.295 e. The van der Waals surface area contributed by atoms with E-state index in [4.69, 9.17) is 4.74 Å². The van der Waals surface area contributed by atoms with E-state index < -0.39 is 17.7 Å². The molecule has 1 aliphatic heterocycles. The summed E-state index contributed by atoms with van der Waals surface area (Å²) < 4.78 is 5.24. The normalized spacial score (nSPS) is 18.1. The lowest BCUT2D eigenvalue weighted by molar-refractivity contribution is -0.139. The van der Waals surface area contributed by atoms with Gasteiger partial charge in [-0.25, -0.2) is 0 Å². The maximum absolute atomic E-state index is 13.1. The van der Waals surface area contributed by atoms with Crippen LogP contribution in [-0.2, 0) is 9.59 Å².